The van der Waals surface area contributed by atoms with Crippen molar-refractivity contribution in [2.75, 3.05) is 11.4 Å². The van der Waals surface area contributed by atoms with E-state index < -0.39 is 10.7 Å². The zero-order chi connectivity index (χ0) is 15.0. The van der Waals surface area contributed by atoms with E-state index in [2.05, 4.69) is 6.07 Å². The van der Waals surface area contributed by atoms with E-state index in [-0.39, 0.29) is 5.69 Å². The molecule has 1 aliphatic heterocycles. The number of hydrogen-bond acceptors (Lipinski definition) is 3. The van der Waals surface area contributed by atoms with Gasteiger partial charge in [-0.2, -0.15) is 0 Å². The first-order valence-corrected chi connectivity index (χ1v) is 6.86. The second-order valence-corrected chi connectivity index (χ2v) is 5.31. The van der Waals surface area contributed by atoms with Crippen molar-refractivity contribution in [2.24, 2.45) is 0 Å². The van der Waals surface area contributed by atoms with Gasteiger partial charge in [-0.15, -0.1) is 0 Å². The van der Waals surface area contributed by atoms with Crippen molar-refractivity contribution in [1.29, 1.82) is 0 Å². The van der Waals surface area contributed by atoms with Crippen molar-refractivity contribution < 1.29 is 9.31 Å². The molecule has 1 heterocycles. The molecular weight excluding hydrogens is 271 g/mol. The number of aryl methyl sites for hydroxylation is 2. The quantitative estimate of drug-likeness (QED) is 0.616. The van der Waals surface area contributed by atoms with Crippen molar-refractivity contribution in [3.63, 3.8) is 0 Å². The summed E-state index contributed by atoms with van der Waals surface area (Å²) in [5.41, 5.74) is 3.71. The fourth-order valence-electron chi connectivity index (χ4n) is 2.81. The molecule has 0 fully saturated rings. The van der Waals surface area contributed by atoms with Gasteiger partial charge in [0.15, 0.2) is 0 Å². The molecule has 0 atom stereocenters. The fourth-order valence-corrected chi connectivity index (χ4v) is 2.81. The van der Waals surface area contributed by atoms with E-state index in [1.165, 1.54) is 23.3 Å². The molecule has 0 bridgehead atoms. The van der Waals surface area contributed by atoms with E-state index in [0.29, 0.717) is 5.69 Å². The molecule has 0 aromatic heterocycles. The van der Waals surface area contributed by atoms with Gasteiger partial charge in [-0.05, 0) is 37.5 Å². The van der Waals surface area contributed by atoms with Crippen LogP contribution < -0.4 is 4.90 Å². The maximum Gasteiger partial charge on any atom is 0.274 e. The normalized spacial score (nSPS) is 13.9. The van der Waals surface area contributed by atoms with Gasteiger partial charge in [0.2, 0.25) is 0 Å². The highest BCUT2D eigenvalue weighted by atomic mass is 19.1. The molecule has 0 N–H and O–H groups in total. The van der Waals surface area contributed by atoms with Crippen molar-refractivity contribution in [3.8, 4) is 0 Å². The molecule has 21 heavy (non-hydrogen) atoms. The number of anilines is 2. The molecule has 2 aromatic carbocycles. The van der Waals surface area contributed by atoms with Crippen molar-refractivity contribution >= 4 is 17.1 Å². The van der Waals surface area contributed by atoms with Gasteiger partial charge in [-0.25, -0.2) is 4.39 Å². The Hall–Kier alpha value is -2.43. The van der Waals surface area contributed by atoms with Crippen LogP contribution in [0.25, 0.3) is 0 Å². The fraction of sp³-hybridized carbons (Fsp3) is 0.250. The summed E-state index contributed by atoms with van der Waals surface area (Å²) in [5.74, 6) is -0.585. The predicted molar refractivity (Wildman–Crippen MR) is 79.6 cm³/mol. The highest BCUT2D eigenvalue weighted by Gasteiger charge is 2.21. The van der Waals surface area contributed by atoms with Gasteiger partial charge in [0, 0.05) is 18.3 Å². The van der Waals surface area contributed by atoms with E-state index in [0.717, 1.165) is 31.1 Å². The van der Waals surface area contributed by atoms with Crippen LogP contribution >= 0.6 is 0 Å². The first kappa shape index (κ1) is 13.5. The van der Waals surface area contributed by atoms with E-state index in [4.69, 9.17) is 0 Å². The highest BCUT2D eigenvalue weighted by molar-refractivity contribution is 5.69. The van der Waals surface area contributed by atoms with E-state index >= 15 is 0 Å². The third-order valence-electron chi connectivity index (χ3n) is 3.74. The lowest BCUT2D eigenvalue weighted by Crippen LogP contribution is -2.24. The molecule has 3 rings (SSSR count). The minimum Gasteiger partial charge on any atom is -0.341 e. The molecule has 0 amide bonds. The highest BCUT2D eigenvalue weighted by Crippen LogP contribution is 2.35. The van der Waals surface area contributed by atoms with Gasteiger partial charge in [0.1, 0.15) is 5.82 Å². The van der Waals surface area contributed by atoms with Gasteiger partial charge in [0.05, 0.1) is 16.7 Å². The average molecular weight is 286 g/mol. The van der Waals surface area contributed by atoms with E-state index in [9.17, 15) is 14.5 Å². The van der Waals surface area contributed by atoms with E-state index in [1.807, 2.05) is 24.0 Å². The molecule has 5 heteroatoms. The Balaban J connectivity index is 2.08. The minimum atomic E-state index is -0.585. The van der Waals surface area contributed by atoms with Crippen LogP contribution in [0.2, 0.25) is 0 Å². The predicted octanol–water partition coefficient (Wildman–Crippen LogP) is 4.13. The summed E-state index contributed by atoms with van der Waals surface area (Å²) in [7, 11) is 0. The van der Waals surface area contributed by atoms with Gasteiger partial charge in [-0.3, -0.25) is 10.1 Å². The first-order chi connectivity index (χ1) is 10.0. The van der Waals surface area contributed by atoms with E-state index in [1.54, 1.807) is 0 Å². The zero-order valence-electron chi connectivity index (χ0n) is 11.7. The number of fused-ring (bicyclic) bond motifs is 1. The summed E-state index contributed by atoms with van der Waals surface area (Å²) in [6.45, 7) is 2.77. The summed E-state index contributed by atoms with van der Waals surface area (Å²) < 4.78 is 13.7. The number of benzene rings is 2. The maximum atomic E-state index is 13.7. The second-order valence-electron chi connectivity index (χ2n) is 5.31. The molecule has 0 unspecified atom stereocenters. The molecule has 0 spiro atoms. The Bertz CT molecular complexity index is 715. The Morgan fingerprint density at radius 1 is 1.24 bits per heavy atom. The molecule has 108 valence electrons. The number of nitro groups is 1. The zero-order valence-corrected chi connectivity index (χ0v) is 11.7. The summed E-state index contributed by atoms with van der Waals surface area (Å²) in [4.78, 5) is 12.3. The van der Waals surface area contributed by atoms with Gasteiger partial charge >= 0.3 is 0 Å². The number of rotatable bonds is 2. The van der Waals surface area contributed by atoms with Crippen LogP contribution in [0.3, 0.4) is 0 Å². The molecular formula is C16H15FN2O2. The molecule has 1 aliphatic rings. The SMILES string of the molecule is Cc1ccc2c(c1)CCCN2c1cc(F)cc([N+](=O)[O-])c1. The van der Waals surface area contributed by atoms with Crippen molar-refractivity contribution in [2.45, 2.75) is 19.8 Å². The summed E-state index contributed by atoms with van der Waals surface area (Å²) in [6.07, 6.45) is 1.92. The van der Waals surface area contributed by atoms with Crippen LogP contribution in [0.15, 0.2) is 36.4 Å². The Morgan fingerprint density at radius 3 is 2.81 bits per heavy atom. The first-order valence-electron chi connectivity index (χ1n) is 6.86. The smallest absolute Gasteiger partial charge is 0.274 e. The topological polar surface area (TPSA) is 46.4 Å². The molecule has 0 saturated heterocycles. The third-order valence-corrected chi connectivity index (χ3v) is 3.74. The largest absolute Gasteiger partial charge is 0.341 e. The third kappa shape index (κ3) is 2.59. The number of non-ortho nitro benzene ring substituents is 1. The standard InChI is InChI=1S/C16H15FN2O2/c1-11-4-5-16-12(7-11)3-2-6-18(16)14-8-13(17)9-15(10-14)19(20)21/h4-5,7-10H,2-3,6H2,1H3. The van der Waals surface area contributed by atoms with Gasteiger partial charge < -0.3 is 4.90 Å². The number of nitro benzene ring substituents is 1. The molecule has 2 aromatic rings. The Kier molecular flexibility index (Phi) is 3.33. The van der Waals surface area contributed by atoms with Crippen LogP contribution in [0.5, 0.6) is 0 Å². The Morgan fingerprint density at radius 2 is 2.05 bits per heavy atom. The molecule has 0 aliphatic carbocycles. The molecule has 0 saturated carbocycles. The van der Waals surface area contributed by atoms with Crippen LogP contribution in [0.1, 0.15) is 17.5 Å². The molecule has 4 nitrogen and oxygen atoms in total. The Labute approximate surface area is 122 Å². The van der Waals surface area contributed by atoms with Crippen molar-refractivity contribution in [1.82, 2.24) is 0 Å². The summed E-state index contributed by atoms with van der Waals surface area (Å²) in [5, 5.41) is 10.9. The molecule has 0 radical (unpaired) electrons. The number of hydrogen-bond donors (Lipinski definition) is 0. The van der Waals surface area contributed by atoms with Crippen LogP contribution in [-0.4, -0.2) is 11.5 Å². The van der Waals surface area contributed by atoms with Gasteiger partial charge in [0.25, 0.3) is 5.69 Å². The minimum absolute atomic E-state index is 0.218. The summed E-state index contributed by atoms with van der Waals surface area (Å²) >= 11 is 0. The monoisotopic (exact) mass is 286 g/mol. The van der Waals surface area contributed by atoms with Crippen molar-refractivity contribution in [3.05, 3.63) is 63.5 Å². The lowest BCUT2D eigenvalue weighted by Gasteiger charge is -2.31. The average Bonchev–Trinajstić information content (AvgIpc) is 2.45. The van der Waals surface area contributed by atoms with Crippen LogP contribution in [0, 0.1) is 22.9 Å². The van der Waals surface area contributed by atoms with Crippen LogP contribution in [0.4, 0.5) is 21.5 Å². The van der Waals surface area contributed by atoms with Gasteiger partial charge in [-0.1, -0.05) is 17.7 Å². The number of halogens is 1. The second kappa shape index (κ2) is 5.16. The van der Waals surface area contributed by atoms with Crippen LogP contribution in [-0.2, 0) is 6.42 Å². The number of nitrogens with zero attached hydrogens (tertiary/aromatic N) is 2. The summed E-state index contributed by atoms with van der Waals surface area (Å²) in [6, 6.07) is 9.85. The lowest BCUT2D eigenvalue weighted by molar-refractivity contribution is -0.385. The lowest BCUT2D eigenvalue weighted by atomic mass is 9.99. The maximum absolute atomic E-state index is 13.7.